The molecule has 1 heterocycles. The number of thioether (sulfide) groups is 1. The van der Waals surface area contributed by atoms with Crippen molar-refractivity contribution >= 4 is 11.8 Å². The fraction of sp³-hybridized carbons (Fsp3) is 0.238. The molecule has 6 nitrogen and oxygen atoms in total. The number of ether oxygens (including phenoxy) is 3. The van der Waals surface area contributed by atoms with Gasteiger partial charge in [0.1, 0.15) is 18.1 Å². The van der Waals surface area contributed by atoms with Gasteiger partial charge in [-0.1, -0.05) is 30.0 Å². The predicted octanol–water partition coefficient (Wildman–Crippen LogP) is 4.49. The maximum absolute atomic E-state index is 13.8. The normalized spacial score (nSPS) is 10.6. The summed E-state index contributed by atoms with van der Waals surface area (Å²) in [5.41, 5.74) is 0.981. The first-order valence-corrected chi connectivity index (χ1v) is 9.88. The lowest BCUT2D eigenvalue weighted by atomic mass is 10.2. The summed E-state index contributed by atoms with van der Waals surface area (Å²) in [6.07, 6.45) is 1.76. The summed E-state index contributed by atoms with van der Waals surface area (Å²) in [5.74, 6) is 2.50. The molecule has 0 saturated heterocycles. The first kappa shape index (κ1) is 20.7. The minimum atomic E-state index is -0.415. The summed E-state index contributed by atoms with van der Waals surface area (Å²) in [7, 11) is 3.26. The van der Waals surface area contributed by atoms with Gasteiger partial charge in [-0.3, -0.25) is 4.57 Å². The van der Waals surface area contributed by atoms with Gasteiger partial charge in [0, 0.05) is 17.9 Å². The van der Waals surface area contributed by atoms with Crippen LogP contribution in [-0.2, 0) is 18.9 Å². The van der Waals surface area contributed by atoms with Crippen molar-refractivity contribution in [3.05, 3.63) is 72.3 Å². The van der Waals surface area contributed by atoms with Gasteiger partial charge in [0.15, 0.2) is 22.5 Å². The molecule has 29 heavy (non-hydrogen) atoms. The molecule has 0 saturated carbocycles. The largest absolute Gasteiger partial charge is 0.497 e. The van der Waals surface area contributed by atoms with Gasteiger partial charge in [-0.05, 0) is 30.3 Å². The lowest BCUT2D eigenvalue weighted by Crippen LogP contribution is -2.08. The van der Waals surface area contributed by atoms with Gasteiger partial charge in [0.25, 0.3) is 0 Å². The van der Waals surface area contributed by atoms with E-state index >= 15 is 0 Å². The average Bonchev–Trinajstić information content (AvgIpc) is 3.13. The Kier molecular flexibility index (Phi) is 7.13. The fourth-order valence-electron chi connectivity index (χ4n) is 2.69. The van der Waals surface area contributed by atoms with Crippen LogP contribution >= 0.6 is 11.8 Å². The Morgan fingerprint density at radius 2 is 1.93 bits per heavy atom. The Hall–Kier alpha value is -3.00. The van der Waals surface area contributed by atoms with Crippen LogP contribution in [0.4, 0.5) is 4.39 Å². The van der Waals surface area contributed by atoms with Crippen LogP contribution in [0.5, 0.6) is 17.2 Å². The summed E-state index contributed by atoms with van der Waals surface area (Å²) in [6, 6.07) is 11.9. The van der Waals surface area contributed by atoms with Crippen molar-refractivity contribution in [2.75, 3.05) is 14.2 Å². The Balaban J connectivity index is 1.75. The Labute approximate surface area is 173 Å². The number of para-hydroxylation sites is 1. The molecule has 0 aliphatic rings. The second-order valence-electron chi connectivity index (χ2n) is 5.98. The highest BCUT2D eigenvalue weighted by atomic mass is 32.2. The summed E-state index contributed by atoms with van der Waals surface area (Å²) in [6.45, 7) is 4.41. The van der Waals surface area contributed by atoms with Crippen molar-refractivity contribution in [2.45, 2.75) is 24.1 Å². The number of nitrogens with zero attached hydrogens (tertiary/aromatic N) is 3. The zero-order valence-electron chi connectivity index (χ0n) is 16.3. The van der Waals surface area contributed by atoms with Crippen LogP contribution in [0.2, 0.25) is 0 Å². The quantitative estimate of drug-likeness (QED) is 0.359. The molecule has 0 bridgehead atoms. The number of halogens is 1. The van der Waals surface area contributed by atoms with E-state index in [1.165, 1.54) is 17.8 Å². The van der Waals surface area contributed by atoms with Gasteiger partial charge in [0.2, 0.25) is 0 Å². The van der Waals surface area contributed by atoms with Gasteiger partial charge in [0.05, 0.1) is 14.2 Å². The minimum absolute atomic E-state index is 0.102. The van der Waals surface area contributed by atoms with Crippen molar-refractivity contribution < 1.29 is 18.6 Å². The summed E-state index contributed by atoms with van der Waals surface area (Å²) in [5, 5.41) is 9.18. The number of allylic oxidation sites excluding steroid dienone is 1. The Bertz CT molecular complexity index is 978. The van der Waals surface area contributed by atoms with Crippen LogP contribution < -0.4 is 14.2 Å². The molecule has 0 amide bonds. The van der Waals surface area contributed by atoms with Gasteiger partial charge < -0.3 is 14.2 Å². The number of hydrogen-bond donors (Lipinski definition) is 0. The van der Waals surface area contributed by atoms with Crippen LogP contribution in [0.25, 0.3) is 0 Å². The molecule has 0 spiro atoms. The second kappa shape index (κ2) is 9.97. The number of hydrogen-bond acceptors (Lipinski definition) is 6. The average molecular weight is 415 g/mol. The van der Waals surface area contributed by atoms with Gasteiger partial charge in [-0.15, -0.1) is 16.8 Å². The first-order valence-electron chi connectivity index (χ1n) is 8.90. The van der Waals surface area contributed by atoms with Gasteiger partial charge >= 0.3 is 0 Å². The lowest BCUT2D eigenvalue weighted by molar-refractivity contribution is 0.275. The third-order valence-electron chi connectivity index (χ3n) is 4.14. The van der Waals surface area contributed by atoms with Crippen molar-refractivity contribution in [1.82, 2.24) is 14.8 Å². The van der Waals surface area contributed by atoms with E-state index in [0.29, 0.717) is 23.3 Å². The molecule has 1 aromatic heterocycles. The van der Waals surface area contributed by atoms with E-state index in [1.807, 2.05) is 22.8 Å². The zero-order chi connectivity index (χ0) is 20.6. The molecule has 8 heteroatoms. The monoisotopic (exact) mass is 415 g/mol. The molecule has 0 N–H and O–H groups in total. The molecular formula is C21H22FN3O3S. The smallest absolute Gasteiger partial charge is 0.191 e. The molecule has 3 aromatic rings. The first-order chi connectivity index (χ1) is 14.2. The fourth-order valence-corrected chi connectivity index (χ4v) is 3.63. The van der Waals surface area contributed by atoms with Crippen LogP contribution in [0, 0.1) is 5.82 Å². The summed E-state index contributed by atoms with van der Waals surface area (Å²) in [4.78, 5) is 0. The SMILES string of the molecule is C=CCn1c(COc2ccccc2F)nnc1SCc1cc(OC)ccc1OC. The molecule has 152 valence electrons. The maximum Gasteiger partial charge on any atom is 0.191 e. The minimum Gasteiger partial charge on any atom is -0.497 e. The van der Waals surface area contributed by atoms with Crippen LogP contribution in [0.15, 0.2) is 60.3 Å². The highest BCUT2D eigenvalue weighted by molar-refractivity contribution is 7.98. The number of methoxy groups -OCH3 is 2. The molecule has 0 atom stereocenters. The third-order valence-corrected chi connectivity index (χ3v) is 5.16. The second-order valence-corrected chi connectivity index (χ2v) is 6.93. The van der Waals surface area contributed by atoms with Gasteiger partial charge in [-0.25, -0.2) is 4.39 Å². The molecule has 3 rings (SSSR count). The highest BCUT2D eigenvalue weighted by Gasteiger charge is 2.15. The van der Waals surface area contributed by atoms with Crippen molar-refractivity contribution in [2.24, 2.45) is 0 Å². The van der Waals surface area contributed by atoms with Crippen LogP contribution in [0.1, 0.15) is 11.4 Å². The standard InChI is InChI=1S/C21H22FN3O3S/c1-4-11-25-20(13-28-19-8-6-5-7-17(19)22)23-24-21(25)29-14-15-12-16(26-2)9-10-18(15)27-3/h4-10,12H,1,11,13-14H2,2-3H3. The lowest BCUT2D eigenvalue weighted by Gasteiger charge is -2.11. The van der Waals surface area contributed by atoms with Crippen molar-refractivity contribution in [3.63, 3.8) is 0 Å². The number of aromatic nitrogens is 3. The molecule has 0 fully saturated rings. The van der Waals surface area contributed by atoms with Crippen LogP contribution in [-0.4, -0.2) is 29.0 Å². The summed E-state index contributed by atoms with van der Waals surface area (Å²) >= 11 is 1.51. The highest BCUT2D eigenvalue weighted by Crippen LogP contribution is 2.30. The van der Waals surface area contributed by atoms with E-state index in [0.717, 1.165) is 17.1 Å². The maximum atomic E-state index is 13.8. The molecule has 0 aliphatic carbocycles. The zero-order valence-corrected chi connectivity index (χ0v) is 17.1. The van der Waals surface area contributed by atoms with E-state index in [9.17, 15) is 4.39 Å². The van der Waals surface area contributed by atoms with E-state index in [4.69, 9.17) is 14.2 Å². The topological polar surface area (TPSA) is 58.4 Å². The van der Waals surface area contributed by atoms with E-state index in [-0.39, 0.29) is 12.4 Å². The van der Waals surface area contributed by atoms with E-state index in [1.54, 1.807) is 38.5 Å². The van der Waals surface area contributed by atoms with Crippen molar-refractivity contribution in [1.29, 1.82) is 0 Å². The van der Waals surface area contributed by atoms with Crippen molar-refractivity contribution in [3.8, 4) is 17.2 Å². The molecule has 0 unspecified atom stereocenters. The molecule has 0 radical (unpaired) electrons. The van der Waals surface area contributed by atoms with E-state index in [2.05, 4.69) is 16.8 Å². The Morgan fingerprint density at radius 1 is 1.10 bits per heavy atom. The number of benzene rings is 2. The van der Waals surface area contributed by atoms with Crippen LogP contribution in [0.3, 0.4) is 0 Å². The van der Waals surface area contributed by atoms with Gasteiger partial charge in [-0.2, -0.15) is 0 Å². The summed E-state index contributed by atoms with van der Waals surface area (Å²) < 4.78 is 32.0. The molecular weight excluding hydrogens is 393 g/mol. The number of rotatable bonds is 10. The predicted molar refractivity (Wildman–Crippen MR) is 110 cm³/mol. The molecule has 2 aromatic carbocycles. The Morgan fingerprint density at radius 3 is 2.66 bits per heavy atom. The van der Waals surface area contributed by atoms with E-state index < -0.39 is 5.82 Å². The molecule has 0 aliphatic heterocycles. The third kappa shape index (κ3) is 5.08.